The van der Waals surface area contributed by atoms with E-state index in [9.17, 15) is 14.0 Å². The van der Waals surface area contributed by atoms with E-state index >= 15 is 0 Å². The molecule has 0 unspecified atom stereocenters. The molecule has 2 rings (SSSR count). The molecule has 6 heteroatoms. The molecule has 4 nitrogen and oxygen atoms in total. The largest absolute Gasteiger partial charge is 0.469 e. The average molecular weight is 295 g/mol. The maximum atomic E-state index is 13.7. The van der Waals surface area contributed by atoms with Crippen molar-refractivity contribution in [2.45, 2.75) is 13.3 Å². The minimum Gasteiger partial charge on any atom is -0.469 e. The monoisotopic (exact) mass is 295 g/mol. The van der Waals surface area contributed by atoms with Crippen LogP contribution in [0.5, 0.6) is 0 Å². The lowest BCUT2D eigenvalue weighted by molar-refractivity contribution is -0.140. The van der Waals surface area contributed by atoms with Gasteiger partial charge in [-0.15, -0.1) is 11.3 Å². The number of ether oxygens (including phenoxy) is 1. The zero-order valence-electron chi connectivity index (χ0n) is 11.2. The molecule has 20 heavy (non-hydrogen) atoms. The molecule has 0 radical (unpaired) electrons. The van der Waals surface area contributed by atoms with Gasteiger partial charge in [0.25, 0.3) is 5.91 Å². The molecule has 0 fully saturated rings. The molecular formula is C14H14FNO3S. The van der Waals surface area contributed by atoms with E-state index in [2.05, 4.69) is 10.1 Å². The van der Waals surface area contributed by atoms with Crippen LogP contribution in [-0.2, 0) is 9.53 Å². The lowest BCUT2D eigenvalue weighted by Crippen LogP contribution is -2.26. The molecule has 0 bridgehead atoms. The van der Waals surface area contributed by atoms with Gasteiger partial charge in [0.1, 0.15) is 5.82 Å². The summed E-state index contributed by atoms with van der Waals surface area (Å²) in [5, 5.41) is 3.12. The van der Waals surface area contributed by atoms with Crippen LogP contribution in [0.25, 0.3) is 10.1 Å². The van der Waals surface area contributed by atoms with Gasteiger partial charge in [-0.3, -0.25) is 9.59 Å². The number of fused-ring (bicyclic) bond motifs is 1. The quantitative estimate of drug-likeness (QED) is 0.882. The molecule has 1 heterocycles. The maximum absolute atomic E-state index is 13.7. The van der Waals surface area contributed by atoms with E-state index in [4.69, 9.17) is 0 Å². The fraction of sp³-hybridized carbons (Fsp3) is 0.286. The Balaban J connectivity index is 2.17. The van der Waals surface area contributed by atoms with E-state index in [1.807, 2.05) is 0 Å². The van der Waals surface area contributed by atoms with Gasteiger partial charge in [0.2, 0.25) is 0 Å². The van der Waals surface area contributed by atoms with Crippen molar-refractivity contribution in [2.75, 3.05) is 13.7 Å². The van der Waals surface area contributed by atoms with Gasteiger partial charge < -0.3 is 10.1 Å². The molecule has 0 saturated heterocycles. The smallest absolute Gasteiger partial charge is 0.307 e. The Labute approximate surface area is 119 Å². The first-order valence-electron chi connectivity index (χ1n) is 6.07. The fourth-order valence-electron chi connectivity index (χ4n) is 1.93. The minimum atomic E-state index is -0.385. The fourth-order valence-corrected chi connectivity index (χ4v) is 3.07. The topological polar surface area (TPSA) is 55.4 Å². The molecule has 0 spiro atoms. The number of thiophene rings is 1. The van der Waals surface area contributed by atoms with Crippen LogP contribution in [0.4, 0.5) is 4.39 Å². The number of halogens is 1. The normalized spacial score (nSPS) is 10.6. The number of hydrogen-bond donors (Lipinski definition) is 1. The van der Waals surface area contributed by atoms with Crippen molar-refractivity contribution in [3.8, 4) is 0 Å². The molecule has 1 aromatic carbocycles. The summed E-state index contributed by atoms with van der Waals surface area (Å²) in [5.74, 6) is -1.01. The third-order valence-electron chi connectivity index (χ3n) is 2.95. The highest BCUT2D eigenvalue weighted by Gasteiger charge is 2.17. The van der Waals surface area contributed by atoms with Gasteiger partial charge in [-0.2, -0.15) is 0 Å². The molecule has 0 atom stereocenters. The standard InChI is InChI=1S/C14H14FNO3S/c1-8-12-9(15)4-3-5-10(12)20-13(8)14(18)16-7-6-11(17)19-2/h3-5H,6-7H2,1-2H3,(H,16,18). The van der Waals surface area contributed by atoms with Crippen LogP contribution < -0.4 is 5.32 Å². The van der Waals surface area contributed by atoms with Crippen LogP contribution in [0.2, 0.25) is 0 Å². The first kappa shape index (κ1) is 14.5. The van der Waals surface area contributed by atoms with Gasteiger partial charge in [0.05, 0.1) is 18.4 Å². The predicted molar refractivity (Wildman–Crippen MR) is 75.5 cm³/mol. The molecule has 2 aromatic rings. The highest BCUT2D eigenvalue weighted by atomic mass is 32.1. The second-order valence-corrected chi connectivity index (χ2v) is 5.30. The van der Waals surface area contributed by atoms with Crippen LogP contribution in [0.1, 0.15) is 21.7 Å². The second-order valence-electron chi connectivity index (χ2n) is 4.25. The van der Waals surface area contributed by atoms with Gasteiger partial charge in [-0.25, -0.2) is 4.39 Å². The first-order valence-corrected chi connectivity index (χ1v) is 6.89. The average Bonchev–Trinajstić information content (AvgIpc) is 2.77. The Hall–Kier alpha value is -1.95. The van der Waals surface area contributed by atoms with Crippen molar-refractivity contribution < 1.29 is 18.7 Å². The predicted octanol–water partition coefficient (Wildman–Crippen LogP) is 2.64. The SMILES string of the molecule is COC(=O)CCNC(=O)c1sc2cccc(F)c2c1C. The highest BCUT2D eigenvalue weighted by Crippen LogP contribution is 2.32. The van der Waals surface area contributed by atoms with Gasteiger partial charge in [0, 0.05) is 16.6 Å². The Bertz CT molecular complexity index is 666. The summed E-state index contributed by atoms with van der Waals surface area (Å²) in [6, 6.07) is 4.77. The summed E-state index contributed by atoms with van der Waals surface area (Å²) in [7, 11) is 1.29. The van der Waals surface area contributed by atoms with Crippen molar-refractivity contribution in [1.82, 2.24) is 5.32 Å². The number of benzene rings is 1. The van der Waals surface area contributed by atoms with E-state index in [-0.39, 0.29) is 30.7 Å². The number of methoxy groups -OCH3 is 1. The molecule has 1 N–H and O–H groups in total. The van der Waals surface area contributed by atoms with Gasteiger partial charge in [-0.1, -0.05) is 6.07 Å². The number of aryl methyl sites for hydroxylation is 1. The van der Waals surface area contributed by atoms with Crippen molar-refractivity contribution in [3.05, 3.63) is 34.5 Å². The molecule has 0 aliphatic rings. The number of esters is 1. The van der Waals surface area contributed by atoms with Crippen LogP contribution in [-0.4, -0.2) is 25.5 Å². The van der Waals surface area contributed by atoms with E-state index in [1.165, 1.54) is 24.5 Å². The Morgan fingerprint density at radius 2 is 2.15 bits per heavy atom. The van der Waals surface area contributed by atoms with Gasteiger partial charge in [-0.05, 0) is 24.6 Å². The third kappa shape index (κ3) is 2.80. The maximum Gasteiger partial charge on any atom is 0.307 e. The Morgan fingerprint density at radius 3 is 2.80 bits per heavy atom. The molecule has 0 saturated carbocycles. The summed E-state index contributed by atoms with van der Waals surface area (Å²) in [6.45, 7) is 1.92. The first-order chi connectivity index (χ1) is 9.54. The Morgan fingerprint density at radius 1 is 1.40 bits per heavy atom. The molecule has 0 aliphatic heterocycles. The van der Waals surface area contributed by atoms with Crippen molar-refractivity contribution in [1.29, 1.82) is 0 Å². The van der Waals surface area contributed by atoms with Crippen molar-refractivity contribution in [2.24, 2.45) is 0 Å². The number of nitrogens with one attached hydrogen (secondary N) is 1. The summed E-state index contributed by atoms with van der Waals surface area (Å²) < 4.78 is 19.0. The summed E-state index contributed by atoms with van der Waals surface area (Å²) in [5.41, 5.74) is 0.624. The third-order valence-corrected chi connectivity index (χ3v) is 4.21. The minimum absolute atomic E-state index is 0.112. The number of amides is 1. The molecular weight excluding hydrogens is 281 g/mol. The van der Waals surface area contributed by atoms with Crippen LogP contribution in [0.3, 0.4) is 0 Å². The summed E-state index contributed by atoms with van der Waals surface area (Å²) in [4.78, 5) is 23.5. The Kier molecular flexibility index (Phi) is 4.34. The summed E-state index contributed by atoms with van der Waals surface area (Å²) in [6.07, 6.45) is 0.112. The lowest BCUT2D eigenvalue weighted by Gasteiger charge is -2.03. The van der Waals surface area contributed by atoms with Crippen molar-refractivity contribution in [3.63, 3.8) is 0 Å². The van der Waals surface area contributed by atoms with Gasteiger partial charge >= 0.3 is 5.97 Å². The highest BCUT2D eigenvalue weighted by molar-refractivity contribution is 7.21. The number of rotatable bonds is 4. The molecule has 1 aromatic heterocycles. The number of carbonyl (C=O) groups is 2. The van der Waals surface area contributed by atoms with E-state index in [0.29, 0.717) is 15.8 Å². The van der Waals surface area contributed by atoms with Crippen LogP contribution in [0.15, 0.2) is 18.2 Å². The van der Waals surface area contributed by atoms with Crippen LogP contribution in [0, 0.1) is 12.7 Å². The molecule has 106 valence electrons. The van der Waals surface area contributed by atoms with E-state index < -0.39 is 0 Å². The molecule has 0 aliphatic carbocycles. The zero-order valence-corrected chi connectivity index (χ0v) is 12.0. The van der Waals surface area contributed by atoms with E-state index in [1.54, 1.807) is 19.1 Å². The summed E-state index contributed by atoms with van der Waals surface area (Å²) >= 11 is 1.24. The number of carbonyl (C=O) groups excluding carboxylic acids is 2. The lowest BCUT2D eigenvalue weighted by atomic mass is 10.1. The van der Waals surface area contributed by atoms with Gasteiger partial charge in [0.15, 0.2) is 0 Å². The van der Waals surface area contributed by atoms with Crippen molar-refractivity contribution >= 4 is 33.3 Å². The zero-order chi connectivity index (χ0) is 14.7. The molecule has 1 amide bonds. The van der Waals surface area contributed by atoms with Crippen LogP contribution >= 0.6 is 11.3 Å². The van der Waals surface area contributed by atoms with E-state index in [0.717, 1.165) is 4.70 Å². The number of hydrogen-bond acceptors (Lipinski definition) is 4. The second kappa shape index (κ2) is 6.00.